The van der Waals surface area contributed by atoms with Crippen molar-refractivity contribution in [3.05, 3.63) is 76.1 Å². The lowest BCUT2D eigenvalue weighted by Gasteiger charge is -2.06. The van der Waals surface area contributed by atoms with Gasteiger partial charge in [0.15, 0.2) is 0 Å². The number of aromatic nitrogens is 2. The second-order valence-corrected chi connectivity index (χ2v) is 6.74. The average Bonchev–Trinajstić information content (AvgIpc) is 2.68. The summed E-state index contributed by atoms with van der Waals surface area (Å²) in [5, 5.41) is 13.2. The zero-order chi connectivity index (χ0) is 20.9. The van der Waals surface area contributed by atoms with E-state index in [2.05, 4.69) is 20.5 Å². The highest BCUT2D eigenvalue weighted by Gasteiger charge is 2.28. The molecule has 0 aliphatic rings. The number of hydrogen-bond donors (Lipinski definition) is 2. The predicted octanol–water partition coefficient (Wildman–Crippen LogP) is 4.37. The molecule has 146 valence electrons. The summed E-state index contributed by atoms with van der Waals surface area (Å²) in [5.74, 6) is 0.0216. The number of aromatic amines is 1. The average molecular weight is 415 g/mol. The Balaban J connectivity index is 1.78. The molecule has 3 aromatic rings. The van der Waals surface area contributed by atoms with Crippen molar-refractivity contribution in [1.82, 2.24) is 9.97 Å². The molecule has 0 bridgehead atoms. The molecule has 0 spiro atoms. The fourth-order valence-corrected chi connectivity index (χ4v) is 2.90. The van der Waals surface area contributed by atoms with Gasteiger partial charge >= 0.3 is 5.51 Å². The van der Waals surface area contributed by atoms with Crippen molar-refractivity contribution < 1.29 is 13.2 Å². The predicted molar refractivity (Wildman–Crippen MR) is 105 cm³/mol. The number of rotatable bonds is 5. The second-order valence-electron chi connectivity index (χ2n) is 5.60. The molecule has 0 saturated carbocycles. The van der Waals surface area contributed by atoms with Gasteiger partial charge in [-0.3, -0.25) is 9.78 Å². The highest BCUT2D eigenvalue weighted by molar-refractivity contribution is 8.00. The van der Waals surface area contributed by atoms with E-state index in [-0.39, 0.29) is 33.9 Å². The van der Waals surface area contributed by atoms with Crippen molar-refractivity contribution in [3.8, 4) is 17.3 Å². The first-order chi connectivity index (χ1) is 13.9. The lowest BCUT2D eigenvalue weighted by Crippen LogP contribution is -2.16. The molecular formula is C19H12F3N5OS. The van der Waals surface area contributed by atoms with E-state index < -0.39 is 11.1 Å². The molecule has 1 aromatic heterocycles. The molecule has 0 radical (unpaired) electrons. The molecule has 2 N–H and O–H groups in total. The Kier molecular flexibility index (Phi) is 5.99. The number of nitrogens with one attached hydrogen (secondary N) is 2. The summed E-state index contributed by atoms with van der Waals surface area (Å²) in [6, 6.07) is 16.2. The number of benzene rings is 2. The van der Waals surface area contributed by atoms with E-state index in [0.717, 1.165) is 0 Å². The topological polar surface area (TPSA) is 93.9 Å². The maximum atomic E-state index is 12.3. The summed E-state index contributed by atoms with van der Waals surface area (Å²) in [4.78, 5) is 18.9. The Morgan fingerprint density at radius 3 is 2.45 bits per heavy atom. The Morgan fingerprint density at radius 2 is 1.83 bits per heavy atom. The van der Waals surface area contributed by atoms with E-state index in [4.69, 9.17) is 0 Å². The first kappa shape index (κ1) is 20.2. The zero-order valence-corrected chi connectivity index (χ0v) is 15.4. The third kappa shape index (κ3) is 5.46. The fourth-order valence-electron chi connectivity index (χ4n) is 2.36. The van der Waals surface area contributed by atoms with E-state index in [0.29, 0.717) is 11.1 Å². The van der Waals surface area contributed by atoms with E-state index in [1.54, 1.807) is 30.3 Å². The lowest BCUT2D eigenvalue weighted by molar-refractivity contribution is -0.0328. The number of H-pyrrole nitrogens is 1. The number of hydrogen-bond acceptors (Lipinski definition) is 6. The Hall–Kier alpha value is -3.58. The molecule has 0 amide bonds. The van der Waals surface area contributed by atoms with Crippen LogP contribution in [0.2, 0.25) is 0 Å². The van der Waals surface area contributed by atoms with Gasteiger partial charge in [0.2, 0.25) is 5.95 Å². The van der Waals surface area contributed by atoms with Gasteiger partial charge in [-0.15, -0.1) is 0 Å². The van der Waals surface area contributed by atoms with Gasteiger partial charge in [-0.1, -0.05) is 42.5 Å². The minimum Gasteiger partial charge on any atom is -0.290 e. The molecule has 0 aliphatic carbocycles. The number of nitriles is 1. The van der Waals surface area contributed by atoms with Gasteiger partial charge in [0.25, 0.3) is 5.56 Å². The van der Waals surface area contributed by atoms with Gasteiger partial charge in [-0.25, -0.2) is 10.4 Å². The van der Waals surface area contributed by atoms with E-state index in [1.165, 1.54) is 30.5 Å². The molecule has 3 rings (SSSR count). The van der Waals surface area contributed by atoms with Crippen LogP contribution in [0.4, 0.5) is 19.1 Å². The van der Waals surface area contributed by atoms with Gasteiger partial charge in [0, 0.05) is 10.5 Å². The molecule has 2 aromatic carbocycles. The quantitative estimate of drug-likeness (QED) is 0.367. The monoisotopic (exact) mass is 415 g/mol. The second kappa shape index (κ2) is 8.62. The van der Waals surface area contributed by atoms with E-state index in [9.17, 15) is 23.2 Å². The van der Waals surface area contributed by atoms with Crippen LogP contribution in [0.5, 0.6) is 0 Å². The van der Waals surface area contributed by atoms with Crippen molar-refractivity contribution in [2.75, 3.05) is 5.43 Å². The fraction of sp³-hybridized carbons (Fsp3) is 0.0526. The van der Waals surface area contributed by atoms with Gasteiger partial charge in [0.1, 0.15) is 11.6 Å². The number of thioether (sulfide) groups is 1. The third-order valence-corrected chi connectivity index (χ3v) is 4.32. The molecule has 6 nitrogen and oxygen atoms in total. The van der Waals surface area contributed by atoms with Crippen molar-refractivity contribution in [3.63, 3.8) is 0 Å². The molecule has 0 aliphatic heterocycles. The Labute approximate surface area is 167 Å². The van der Waals surface area contributed by atoms with Crippen LogP contribution in [0.25, 0.3) is 11.3 Å². The third-order valence-electron chi connectivity index (χ3n) is 3.58. The number of alkyl halides is 3. The molecule has 0 atom stereocenters. The van der Waals surface area contributed by atoms with Gasteiger partial charge in [-0.05, 0) is 29.5 Å². The van der Waals surface area contributed by atoms with Crippen molar-refractivity contribution in [2.24, 2.45) is 5.10 Å². The summed E-state index contributed by atoms with van der Waals surface area (Å²) in [6.45, 7) is 0. The van der Waals surface area contributed by atoms with Gasteiger partial charge in [-0.2, -0.15) is 23.5 Å². The van der Waals surface area contributed by atoms with Crippen molar-refractivity contribution >= 4 is 23.9 Å². The molecular weight excluding hydrogens is 403 g/mol. The van der Waals surface area contributed by atoms with Crippen LogP contribution in [0.3, 0.4) is 0 Å². The first-order valence-corrected chi connectivity index (χ1v) is 8.92. The normalized spacial score (nSPS) is 11.4. The minimum atomic E-state index is -4.35. The molecule has 10 heteroatoms. The summed E-state index contributed by atoms with van der Waals surface area (Å²) < 4.78 is 37.0. The molecule has 0 unspecified atom stereocenters. The number of nitrogens with zero attached hydrogens (tertiary/aromatic N) is 3. The maximum Gasteiger partial charge on any atom is 0.446 e. The minimum absolute atomic E-state index is 0.0216. The van der Waals surface area contributed by atoms with E-state index >= 15 is 0 Å². The number of anilines is 1. The maximum absolute atomic E-state index is 12.3. The van der Waals surface area contributed by atoms with Crippen molar-refractivity contribution in [1.29, 1.82) is 5.26 Å². The standard InChI is InChI=1S/C19H12F3N5OS/c20-19(21,22)29-14-8-6-12(7-9-14)11-24-27-18-25-16(13-4-2-1-3-5-13)15(10-23)17(28)26-18/h1-9,11H,(H2,25,26,27,28). The van der Waals surface area contributed by atoms with Crippen LogP contribution in [0.1, 0.15) is 11.1 Å². The molecule has 1 heterocycles. The Bertz CT molecular complexity index is 1120. The summed E-state index contributed by atoms with van der Waals surface area (Å²) in [7, 11) is 0. The summed E-state index contributed by atoms with van der Waals surface area (Å²) in [5.41, 5.74) is -1.18. The van der Waals surface area contributed by atoms with Crippen LogP contribution in [0.15, 0.2) is 69.4 Å². The zero-order valence-electron chi connectivity index (χ0n) is 14.6. The Morgan fingerprint density at radius 1 is 1.14 bits per heavy atom. The highest BCUT2D eigenvalue weighted by Crippen LogP contribution is 2.36. The van der Waals surface area contributed by atoms with E-state index in [1.807, 2.05) is 6.07 Å². The first-order valence-electron chi connectivity index (χ1n) is 8.10. The largest absolute Gasteiger partial charge is 0.446 e. The number of halogens is 3. The van der Waals surface area contributed by atoms with Gasteiger partial charge < -0.3 is 0 Å². The SMILES string of the molecule is N#Cc1c(-c2ccccc2)nc(NN=Cc2ccc(SC(F)(F)F)cc2)[nH]c1=O. The van der Waals surface area contributed by atoms with Crippen LogP contribution in [-0.2, 0) is 0 Å². The summed E-state index contributed by atoms with van der Waals surface area (Å²) >= 11 is -0.201. The molecule has 0 saturated heterocycles. The van der Waals surface area contributed by atoms with Crippen LogP contribution in [0, 0.1) is 11.3 Å². The van der Waals surface area contributed by atoms with Crippen LogP contribution < -0.4 is 11.0 Å². The smallest absolute Gasteiger partial charge is 0.290 e. The lowest BCUT2D eigenvalue weighted by atomic mass is 10.1. The molecule has 0 fully saturated rings. The van der Waals surface area contributed by atoms with Crippen LogP contribution in [-0.4, -0.2) is 21.7 Å². The number of hydrazone groups is 1. The highest BCUT2D eigenvalue weighted by atomic mass is 32.2. The van der Waals surface area contributed by atoms with Crippen LogP contribution >= 0.6 is 11.8 Å². The summed E-state index contributed by atoms with van der Waals surface area (Å²) in [6.07, 6.45) is 1.36. The van der Waals surface area contributed by atoms with Crippen molar-refractivity contribution in [2.45, 2.75) is 10.4 Å². The van der Waals surface area contributed by atoms with Gasteiger partial charge in [0.05, 0.1) is 11.9 Å². The molecule has 29 heavy (non-hydrogen) atoms.